The first kappa shape index (κ1) is 16.7. The zero-order valence-electron chi connectivity index (χ0n) is 14.8. The topological polar surface area (TPSA) is 81.1 Å². The molecule has 7 nitrogen and oxygen atoms in total. The van der Waals surface area contributed by atoms with Gasteiger partial charge in [0.05, 0.1) is 22.0 Å². The number of aromatic nitrogens is 3. The lowest BCUT2D eigenvalue weighted by Crippen LogP contribution is -2.40. The van der Waals surface area contributed by atoms with Gasteiger partial charge in [-0.15, -0.1) is 0 Å². The summed E-state index contributed by atoms with van der Waals surface area (Å²) in [5, 5.41) is 11.0. The van der Waals surface area contributed by atoms with Gasteiger partial charge in [0.15, 0.2) is 5.13 Å². The van der Waals surface area contributed by atoms with Crippen molar-refractivity contribution in [1.82, 2.24) is 20.1 Å². The Balaban J connectivity index is 1.26. The van der Waals surface area contributed by atoms with Crippen LogP contribution < -0.4 is 10.6 Å². The van der Waals surface area contributed by atoms with Crippen molar-refractivity contribution in [2.45, 2.75) is 38.0 Å². The maximum atomic E-state index is 12.5. The highest BCUT2D eigenvalue weighted by Crippen LogP contribution is 2.34. The molecule has 8 heteroatoms. The highest BCUT2D eigenvalue weighted by molar-refractivity contribution is 7.22. The molecule has 2 amide bonds. The van der Waals surface area contributed by atoms with Crippen molar-refractivity contribution in [2.24, 2.45) is 5.92 Å². The Morgan fingerprint density at radius 3 is 3.00 bits per heavy atom. The molecule has 1 saturated heterocycles. The van der Waals surface area contributed by atoms with Crippen LogP contribution in [-0.4, -0.2) is 33.4 Å². The monoisotopic (exact) mass is 383 g/mol. The average molecular weight is 383 g/mol. The Morgan fingerprint density at radius 1 is 1.26 bits per heavy atom. The number of thiazole rings is 1. The van der Waals surface area contributed by atoms with Gasteiger partial charge < -0.3 is 10.1 Å². The van der Waals surface area contributed by atoms with Gasteiger partial charge in [-0.05, 0) is 43.4 Å². The minimum absolute atomic E-state index is 0.0750. The molecule has 140 valence electrons. The molecule has 2 atom stereocenters. The summed E-state index contributed by atoms with van der Waals surface area (Å²) in [6.07, 6.45) is 4.99. The van der Waals surface area contributed by atoms with Crippen molar-refractivity contribution in [1.29, 1.82) is 0 Å². The maximum Gasteiger partial charge on any atom is 0.321 e. The summed E-state index contributed by atoms with van der Waals surface area (Å²) in [6, 6.07) is 9.52. The van der Waals surface area contributed by atoms with Crippen LogP contribution in [0.15, 0.2) is 36.5 Å². The number of ether oxygens (including phenoxy) is 1. The van der Waals surface area contributed by atoms with E-state index in [9.17, 15) is 4.79 Å². The number of anilines is 1. The summed E-state index contributed by atoms with van der Waals surface area (Å²) >= 11 is 1.47. The lowest BCUT2D eigenvalue weighted by atomic mass is 10.1. The Labute approximate surface area is 160 Å². The van der Waals surface area contributed by atoms with E-state index in [0.717, 1.165) is 34.8 Å². The Hall–Kier alpha value is -2.45. The summed E-state index contributed by atoms with van der Waals surface area (Å²) in [5.74, 6) is 0.735. The largest absolute Gasteiger partial charge is 0.370 e. The van der Waals surface area contributed by atoms with Gasteiger partial charge in [-0.2, -0.15) is 5.10 Å². The van der Waals surface area contributed by atoms with E-state index in [4.69, 9.17) is 4.74 Å². The molecule has 1 saturated carbocycles. The number of para-hydroxylation sites is 1. The number of amides is 2. The van der Waals surface area contributed by atoms with Gasteiger partial charge in [-0.25, -0.2) is 9.78 Å². The molecule has 3 aromatic rings. The van der Waals surface area contributed by atoms with Crippen molar-refractivity contribution >= 4 is 32.7 Å². The molecule has 3 heterocycles. The van der Waals surface area contributed by atoms with E-state index in [0.29, 0.717) is 11.7 Å². The fraction of sp³-hybridized carbons (Fsp3) is 0.421. The number of hydrogen-bond acceptors (Lipinski definition) is 5. The SMILES string of the molecule is O=C(Nc1nc2ccccc2s1)N[C@@H]1CCO[C@H]1c1ccnn1CC1CC1. The van der Waals surface area contributed by atoms with Gasteiger partial charge in [-0.3, -0.25) is 10.00 Å². The number of benzene rings is 1. The lowest BCUT2D eigenvalue weighted by Gasteiger charge is -2.21. The number of nitrogens with zero attached hydrogens (tertiary/aromatic N) is 3. The van der Waals surface area contributed by atoms with Gasteiger partial charge >= 0.3 is 6.03 Å². The molecular weight excluding hydrogens is 362 g/mol. The lowest BCUT2D eigenvalue weighted by molar-refractivity contribution is 0.0926. The van der Waals surface area contributed by atoms with E-state index in [2.05, 4.69) is 20.7 Å². The number of rotatable bonds is 5. The molecule has 1 aliphatic heterocycles. The fourth-order valence-electron chi connectivity index (χ4n) is 3.54. The van der Waals surface area contributed by atoms with E-state index < -0.39 is 0 Å². The zero-order chi connectivity index (χ0) is 18.2. The van der Waals surface area contributed by atoms with Crippen molar-refractivity contribution in [3.63, 3.8) is 0 Å². The number of carbonyl (C=O) groups is 1. The fourth-order valence-corrected chi connectivity index (χ4v) is 4.40. The Morgan fingerprint density at radius 2 is 2.15 bits per heavy atom. The van der Waals surface area contributed by atoms with E-state index in [1.165, 1.54) is 24.2 Å². The van der Waals surface area contributed by atoms with Gasteiger partial charge in [0.25, 0.3) is 0 Å². The summed E-state index contributed by atoms with van der Waals surface area (Å²) in [5.41, 5.74) is 1.94. The molecule has 2 aliphatic rings. The van der Waals surface area contributed by atoms with E-state index >= 15 is 0 Å². The minimum atomic E-state index is -0.247. The Kier molecular flexibility index (Phi) is 4.29. The van der Waals surface area contributed by atoms with Crippen LogP contribution in [0, 0.1) is 5.92 Å². The first-order valence-corrected chi connectivity index (χ1v) is 10.1. The molecule has 0 bridgehead atoms. The Bertz CT molecular complexity index is 931. The molecule has 1 aromatic carbocycles. The molecule has 0 unspecified atom stereocenters. The summed E-state index contributed by atoms with van der Waals surface area (Å²) in [4.78, 5) is 17.0. The maximum absolute atomic E-state index is 12.5. The predicted molar refractivity (Wildman–Crippen MR) is 104 cm³/mol. The van der Waals surface area contributed by atoms with E-state index in [1.54, 1.807) is 0 Å². The molecule has 1 aliphatic carbocycles. The number of hydrogen-bond donors (Lipinski definition) is 2. The standard InChI is InChI=1S/C19H21N5O2S/c25-18(23-19-22-13-3-1-2-4-16(13)27-19)21-14-8-10-26-17(14)15-7-9-20-24(15)11-12-5-6-12/h1-4,7,9,12,14,17H,5-6,8,10-11H2,(H2,21,22,23,25)/t14-,17-/m1/s1. The van der Waals surface area contributed by atoms with Crippen molar-refractivity contribution in [3.8, 4) is 0 Å². The summed E-state index contributed by atoms with van der Waals surface area (Å²) < 4.78 is 9.03. The molecule has 2 aromatic heterocycles. The van der Waals surface area contributed by atoms with Crippen LogP contribution in [0.3, 0.4) is 0 Å². The van der Waals surface area contributed by atoms with Crippen molar-refractivity contribution < 1.29 is 9.53 Å². The first-order valence-electron chi connectivity index (χ1n) is 9.33. The number of fused-ring (bicyclic) bond motifs is 1. The normalized spacial score (nSPS) is 22.2. The minimum Gasteiger partial charge on any atom is -0.370 e. The average Bonchev–Trinajstić information content (AvgIpc) is 3.03. The van der Waals surface area contributed by atoms with Crippen LogP contribution in [-0.2, 0) is 11.3 Å². The van der Waals surface area contributed by atoms with Gasteiger partial charge in [0.2, 0.25) is 0 Å². The molecule has 5 rings (SSSR count). The molecule has 2 fully saturated rings. The highest BCUT2D eigenvalue weighted by Gasteiger charge is 2.34. The molecule has 0 radical (unpaired) electrons. The number of nitrogens with one attached hydrogen (secondary N) is 2. The van der Waals surface area contributed by atoms with Crippen LogP contribution >= 0.6 is 11.3 Å². The van der Waals surface area contributed by atoms with Crippen LogP contribution in [0.2, 0.25) is 0 Å². The van der Waals surface area contributed by atoms with Crippen LogP contribution in [0.5, 0.6) is 0 Å². The highest BCUT2D eigenvalue weighted by atomic mass is 32.1. The van der Waals surface area contributed by atoms with Crippen molar-refractivity contribution in [3.05, 3.63) is 42.2 Å². The van der Waals surface area contributed by atoms with E-state index in [-0.39, 0.29) is 18.2 Å². The van der Waals surface area contributed by atoms with Crippen molar-refractivity contribution in [2.75, 3.05) is 11.9 Å². The third-order valence-electron chi connectivity index (χ3n) is 5.09. The number of urea groups is 1. The first-order chi connectivity index (χ1) is 13.3. The summed E-state index contributed by atoms with van der Waals surface area (Å²) in [7, 11) is 0. The summed E-state index contributed by atoms with van der Waals surface area (Å²) in [6.45, 7) is 1.57. The van der Waals surface area contributed by atoms with Gasteiger partial charge in [-0.1, -0.05) is 23.5 Å². The quantitative estimate of drug-likeness (QED) is 0.706. The van der Waals surface area contributed by atoms with E-state index in [1.807, 2.05) is 41.2 Å². The second kappa shape index (κ2) is 6.94. The van der Waals surface area contributed by atoms with Crippen LogP contribution in [0.4, 0.5) is 9.93 Å². The molecule has 0 spiro atoms. The van der Waals surface area contributed by atoms with Crippen LogP contribution in [0.1, 0.15) is 31.1 Å². The third kappa shape index (κ3) is 3.54. The third-order valence-corrected chi connectivity index (χ3v) is 6.04. The second-order valence-corrected chi connectivity index (χ2v) is 8.18. The molecular formula is C19H21N5O2S. The molecule has 2 N–H and O–H groups in total. The van der Waals surface area contributed by atoms with Gasteiger partial charge in [0.1, 0.15) is 6.10 Å². The zero-order valence-corrected chi connectivity index (χ0v) is 15.6. The number of carbonyl (C=O) groups excluding carboxylic acids is 1. The molecule has 27 heavy (non-hydrogen) atoms. The second-order valence-electron chi connectivity index (χ2n) is 7.15. The predicted octanol–water partition coefficient (Wildman–Crippen LogP) is 3.55. The van der Waals surface area contributed by atoms with Gasteiger partial charge in [0, 0.05) is 19.3 Å². The van der Waals surface area contributed by atoms with Crippen LogP contribution in [0.25, 0.3) is 10.2 Å². The smallest absolute Gasteiger partial charge is 0.321 e.